The molecule has 1 aromatic heterocycles. The Hall–Kier alpha value is -1.58. The zero-order valence-electron chi connectivity index (χ0n) is 10.2. The molecule has 0 saturated carbocycles. The van der Waals surface area contributed by atoms with E-state index in [1.54, 1.807) is 6.92 Å². The molecular weight excluding hydrogens is 204 g/mol. The highest BCUT2D eigenvalue weighted by molar-refractivity contribution is 5.96. The van der Waals surface area contributed by atoms with Crippen molar-refractivity contribution in [2.75, 3.05) is 5.73 Å². The van der Waals surface area contributed by atoms with Crippen LogP contribution in [0.25, 0.3) is 0 Å². The molecule has 0 aromatic carbocycles. The predicted molar refractivity (Wildman–Crippen MR) is 63.8 cm³/mol. The monoisotopic (exact) mass is 222 g/mol. The fourth-order valence-corrected chi connectivity index (χ4v) is 1.82. The molecule has 1 aromatic rings. The highest BCUT2D eigenvalue weighted by atomic mass is 16.4. The number of nitrogen functional groups attached to an aromatic ring is 1. The summed E-state index contributed by atoms with van der Waals surface area (Å²) in [6.07, 6.45) is 0.714. The van der Waals surface area contributed by atoms with E-state index in [1.165, 1.54) is 0 Å². The Balaban J connectivity index is 3.58. The molecule has 3 N–H and O–H groups in total. The molecule has 1 heterocycles. The number of carboxylic acids is 1. The van der Waals surface area contributed by atoms with Crippen molar-refractivity contribution < 1.29 is 9.90 Å². The molecule has 0 fully saturated rings. The molecule has 0 radical (unpaired) electrons. The van der Waals surface area contributed by atoms with Gasteiger partial charge in [-0.1, -0.05) is 20.8 Å². The molecule has 0 aliphatic rings. The van der Waals surface area contributed by atoms with Crippen LogP contribution in [0, 0.1) is 6.92 Å². The van der Waals surface area contributed by atoms with E-state index in [0.29, 0.717) is 23.4 Å². The number of hydrogen-bond donors (Lipinski definition) is 2. The third-order valence-corrected chi connectivity index (χ3v) is 2.70. The van der Waals surface area contributed by atoms with Gasteiger partial charge < -0.3 is 10.8 Å². The first-order valence-corrected chi connectivity index (χ1v) is 5.42. The van der Waals surface area contributed by atoms with Gasteiger partial charge in [-0.15, -0.1) is 0 Å². The zero-order chi connectivity index (χ0) is 12.5. The van der Waals surface area contributed by atoms with Crippen LogP contribution in [0.3, 0.4) is 0 Å². The van der Waals surface area contributed by atoms with Crippen molar-refractivity contribution in [2.24, 2.45) is 0 Å². The lowest BCUT2D eigenvalue weighted by molar-refractivity contribution is 0.0697. The Morgan fingerprint density at radius 1 is 1.50 bits per heavy atom. The summed E-state index contributed by atoms with van der Waals surface area (Å²) in [7, 11) is 0. The number of nitrogens with zero attached hydrogens (tertiary/aromatic N) is 1. The van der Waals surface area contributed by atoms with E-state index in [2.05, 4.69) is 4.98 Å². The van der Waals surface area contributed by atoms with Crippen LogP contribution in [0.1, 0.15) is 54.0 Å². The Bertz CT molecular complexity index is 426. The van der Waals surface area contributed by atoms with Crippen LogP contribution in [0.5, 0.6) is 0 Å². The first-order valence-electron chi connectivity index (χ1n) is 5.42. The van der Waals surface area contributed by atoms with Gasteiger partial charge in [-0.3, -0.25) is 4.98 Å². The minimum atomic E-state index is -0.978. The third kappa shape index (κ3) is 2.01. The van der Waals surface area contributed by atoms with Crippen molar-refractivity contribution in [1.29, 1.82) is 0 Å². The van der Waals surface area contributed by atoms with Gasteiger partial charge in [0.05, 0.1) is 16.9 Å². The number of carbonyl (C=O) groups is 1. The average Bonchev–Trinajstić information content (AvgIpc) is 2.16. The van der Waals surface area contributed by atoms with E-state index in [4.69, 9.17) is 10.8 Å². The molecule has 4 nitrogen and oxygen atoms in total. The molecule has 4 heteroatoms. The smallest absolute Gasteiger partial charge is 0.338 e. The second-order valence-corrected chi connectivity index (χ2v) is 4.17. The van der Waals surface area contributed by atoms with E-state index in [-0.39, 0.29) is 11.5 Å². The van der Waals surface area contributed by atoms with Crippen LogP contribution in [-0.2, 0) is 6.42 Å². The molecule has 0 bridgehead atoms. The Morgan fingerprint density at radius 3 is 2.44 bits per heavy atom. The molecule has 0 spiro atoms. The molecule has 88 valence electrons. The molecule has 0 amide bonds. The maximum Gasteiger partial charge on any atom is 0.338 e. The maximum atomic E-state index is 11.2. The van der Waals surface area contributed by atoms with Crippen molar-refractivity contribution in [3.63, 3.8) is 0 Å². The minimum absolute atomic E-state index is 0.129. The molecule has 1 rings (SSSR count). The van der Waals surface area contributed by atoms with E-state index in [9.17, 15) is 4.79 Å². The summed E-state index contributed by atoms with van der Waals surface area (Å²) < 4.78 is 0. The van der Waals surface area contributed by atoms with Crippen molar-refractivity contribution in [3.05, 3.63) is 22.5 Å². The summed E-state index contributed by atoms with van der Waals surface area (Å²) >= 11 is 0. The van der Waals surface area contributed by atoms with Crippen LogP contribution < -0.4 is 5.73 Å². The lowest BCUT2D eigenvalue weighted by atomic mass is 9.98. The fraction of sp³-hybridized carbons (Fsp3) is 0.500. The molecule has 0 aliphatic heterocycles. The molecule has 0 saturated heterocycles. The molecule has 0 atom stereocenters. The van der Waals surface area contributed by atoms with Crippen molar-refractivity contribution in [2.45, 2.75) is 40.0 Å². The van der Waals surface area contributed by atoms with Gasteiger partial charge in [0.25, 0.3) is 0 Å². The molecule has 0 aliphatic carbocycles. The number of aryl methyl sites for hydroxylation is 1. The Morgan fingerprint density at radius 2 is 2.06 bits per heavy atom. The van der Waals surface area contributed by atoms with Gasteiger partial charge in [-0.25, -0.2) is 4.79 Å². The SMILES string of the molecule is CCc1nc(C(C)C)c(N)c(C(=O)O)c1C. The minimum Gasteiger partial charge on any atom is -0.478 e. The lowest BCUT2D eigenvalue weighted by Gasteiger charge is -2.16. The number of hydrogen-bond acceptors (Lipinski definition) is 3. The quantitative estimate of drug-likeness (QED) is 0.823. The largest absolute Gasteiger partial charge is 0.478 e. The summed E-state index contributed by atoms with van der Waals surface area (Å²) in [6.45, 7) is 7.63. The first kappa shape index (κ1) is 12.5. The van der Waals surface area contributed by atoms with Gasteiger partial charge in [-0.05, 0) is 24.8 Å². The van der Waals surface area contributed by atoms with Crippen LogP contribution in [-0.4, -0.2) is 16.1 Å². The van der Waals surface area contributed by atoms with Gasteiger partial charge in [-0.2, -0.15) is 0 Å². The summed E-state index contributed by atoms with van der Waals surface area (Å²) in [5, 5.41) is 9.16. The van der Waals surface area contributed by atoms with E-state index >= 15 is 0 Å². The Labute approximate surface area is 95.5 Å². The van der Waals surface area contributed by atoms with E-state index in [0.717, 1.165) is 5.69 Å². The molecular formula is C12H18N2O2. The normalized spacial score (nSPS) is 10.8. The van der Waals surface area contributed by atoms with Crippen molar-refractivity contribution >= 4 is 11.7 Å². The number of aromatic nitrogens is 1. The van der Waals surface area contributed by atoms with Crippen molar-refractivity contribution in [1.82, 2.24) is 4.98 Å². The Kier molecular flexibility index (Phi) is 3.52. The number of nitrogens with two attached hydrogens (primary N) is 1. The van der Waals surface area contributed by atoms with Gasteiger partial charge in [0, 0.05) is 5.69 Å². The first-order chi connectivity index (χ1) is 7.40. The predicted octanol–water partition coefficient (Wildman–Crippen LogP) is 2.36. The fourth-order valence-electron chi connectivity index (χ4n) is 1.82. The van der Waals surface area contributed by atoms with Crippen LogP contribution >= 0.6 is 0 Å². The third-order valence-electron chi connectivity index (χ3n) is 2.70. The number of rotatable bonds is 3. The van der Waals surface area contributed by atoms with E-state index in [1.807, 2.05) is 20.8 Å². The van der Waals surface area contributed by atoms with Gasteiger partial charge in [0.2, 0.25) is 0 Å². The topological polar surface area (TPSA) is 76.2 Å². The van der Waals surface area contributed by atoms with Crippen LogP contribution in [0.15, 0.2) is 0 Å². The highest BCUT2D eigenvalue weighted by Gasteiger charge is 2.20. The second kappa shape index (κ2) is 4.51. The second-order valence-electron chi connectivity index (χ2n) is 4.17. The standard InChI is InChI=1S/C12H18N2O2/c1-5-8-7(4)9(12(15)16)10(13)11(14-8)6(2)3/h6H,5,13H2,1-4H3,(H,15,16). The van der Waals surface area contributed by atoms with Crippen molar-refractivity contribution in [3.8, 4) is 0 Å². The number of pyridine rings is 1. The van der Waals surface area contributed by atoms with Crippen LogP contribution in [0.4, 0.5) is 5.69 Å². The number of carboxylic acid groups (broad SMARTS) is 1. The molecule has 16 heavy (non-hydrogen) atoms. The summed E-state index contributed by atoms with van der Waals surface area (Å²) in [6, 6.07) is 0. The number of aromatic carboxylic acids is 1. The van der Waals surface area contributed by atoms with Crippen LogP contribution in [0.2, 0.25) is 0 Å². The highest BCUT2D eigenvalue weighted by Crippen LogP contribution is 2.27. The number of anilines is 1. The van der Waals surface area contributed by atoms with Gasteiger partial charge in [0.1, 0.15) is 0 Å². The summed E-state index contributed by atoms with van der Waals surface area (Å²) in [5.74, 6) is -0.849. The zero-order valence-corrected chi connectivity index (χ0v) is 10.2. The summed E-state index contributed by atoms with van der Waals surface area (Å²) in [4.78, 5) is 15.6. The molecule has 0 unspecified atom stereocenters. The van der Waals surface area contributed by atoms with Gasteiger partial charge >= 0.3 is 5.97 Å². The average molecular weight is 222 g/mol. The summed E-state index contributed by atoms with van der Waals surface area (Å²) in [5.41, 5.74) is 8.55. The maximum absolute atomic E-state index is 11.2. The lowest BCUT2D eigenvalue weighted by Crippen LogP contribution is -2.13. The van der Waals surface area contributed by atoms with Gasteiger partial charge in [0.15, 0.2) is 0 Å². The van der Waals surface area contributed by atoms with E-state index < -0.39 is 5.97 Å².